The molecule has 4 rings (SSSR count). The molecule has 0 N–H and O–H groups in total. The van der Waals surface area contributed by atoms with Crippen LogP contribution in [-0.2, 0) is 22.6 Å². The average molecular weight is 617 g/mol. The Morgan fingerprint density at radius 3 is 2.22 bits per heavy atom. The summed E-state index contributed by atoms with van der Waals surface area (Å²) in [7, 11) is 1.60. The van der Waals surface area contributed by atoms with Gasteiger partial charge in [0.05, 0.1) is 13.2 Å². The van der Waals surface area contributed by atoms with Gasteiger partial charge in [-0.3, -0.25) is 9.59 Å². The van der Waals surface area contributed by atoms with Crippen molar-refractivity contribution in [1.82, 2.24) is 14.4 Å². The number of benzene rings is 3. The van der Waals surface area contributed by atoms with Crippen LogP contribution in [0, 0.1) is 0 Å². The second-order valence-electron chi connectivity index (χ2n) is 10.1. The van der Waals surface area contributed by atoms with E-state index in [9.17, 15) is 9.59 Å². The Bertz CT molecular complexity index is 1390. The smallest absolute Gasteiger partial charge is 0.254 e. The van der Waals surface area contributed by atoms with Crippen molar-refractivity contribution in [3.05, 3.63) is 118 Å². The summed E-state index contributed by atoms with van der Waals surface area (Å²) in [4.78, 5) is 30.7. The van der Waals surface area contributed by atoms with Crippen LogP contribution in [0.4, 0.5) is 0 Å². The molecule has 0 spiro atoms. The molecule has 0 atom stereocenters. The molecule has 7 heteroatoms. The van der Waals surface area contributed by atoms with Crippen molar-refractivity contribution in [3.63, 3.8) is 0 Å². The SMILES string of the molecule is CCCCN(Cc1cccn1Cc1ccc(Br)cc1)C(=O)CN(CCOC)C(=O)c1ccc(-c2ccccc2)cc1. The normalized spacial score (nSPS) is 10.9. The first kappa shape index (κ1) is 30.3. The molecule has 0 saturated carbocycles. The third-order valence-corrected chi connectivity index (χ3v) is 7.62. The van der Waals surface area contributed by atoms with Gasteiger partial charge in [0.25, 0.3) is 5.91 Å². The van der Waals surface area contributed by atoms with Crippen molar-refractivity contribution in [2.24, 2.45) is 0 Å². The monoisotopic (exact) mass is 615 g/mol. The van der Waals surface area contributed by atoms with Crippen LogP contribution in [0.2, 0.25) is 0 Å². The topological polar surface area (TPSA) is 54.8 Å². The fourth-order valence-corrected chi connectivity index (χ4v) is 4.97. The quantitative estimate of drug-likeness (QED) is 0.155. The molecule has 0 radical (unpaired) electrons. The van der Waals surface area contributed by atoms with Crippen molar-refractivity contribution in [3.8, 4) is 11.1 Å². The summed E-state index contributed by atoms with van der Waals surface area (Å²) in [6.45, 7) is 4.65. The number of unbranched alkanes of at least 4 members (excludes halogenated alkanes) is 1. The summed E-state index contributed by atoms with van der Waals surface area (Å²) in [5.74, 6) is -0.246. The van der Waals surface area contributed by atoms with Crippen molar-refractivity contribution in [1.29, 1.82) is 0 Å². The minimum absolute atomic E-state index is 0.000233. The zero-order valence-electron chi connectivity index (χ0n) is 23.8. The summed E-state index contributed by atoms with van der Waals surface area (Å²) in [5, 5.41) is 0. The van der Waals surface area contributed by atoms with Gasteiger partial charge in [-0.1, -0.05) is 83.9 Å². The first-order valence-electron chi connectivity index (χ1n) is 14.1. The number of amides is 2. The lowest BCUT2D eigenvalue weighted by atomic mass is 10.0. The fourth-order valence-electron chi connectivity index (χ4n) is 4.71. The summed E-state index contributed by atoms with van der Waals surface area (Å²) in [6.07, 6.45) is 3.92. The fraction of sp³-hybridized carbons (Fsp3) is 0.294. The zero-order chi connectivity index (χ0) is 29.0. The first-order chi connectivity index (χ1) is 20.0. The molecule has 0 fully saturated rings. The van der Waals surface area contributed by atoms with E-state index in [1.165, 1.54) is 5.56 Å². The predicted molar refractivity (Wildman–Crippen MR) is 168 cm³/mol. The molecule has 0 aliphatic heterocycles. The highest BCUT2D eigenvalue weighted by Gasteiger charge is 2.23. The van der Waals surface area contributed by atoms with Crippen LogP contribution in [0.3, 0.4) is 0 Å². The Hall–Kier alpha value is -3.68. The predicted octanol–water partition coefficient (Wildman–Crippen LogP) is 6.88. The number of carbonyl (C=O) groups excluding carboxylic acids is 2. The molecule has 6 nitrogen and oxygen atoms in total. The molecule has 4 aromatic rings. The van der Waals surface area contributed by atoms with Gasteiger partial charge in [-0.15, -0.1) is 0 Å². The molecular formula is C34H38BrN3O3. The third-order valence-electron chi connectivity index (χ3n) is 7.09. The Labute approximate surface area is 251 Å². The minimum atomic E-state index is -0.177. The van der Waals surface area contributed by atoms with Crippen molar-refractivity contribution < 1.29 is 14.3 Å². The van der Waals surface area contributed by atoms with Crippen molar-refractivity contribution >= 4 is 27.7 Å². The van der Waals surface area contributed by atoms with E-state index in [0.29, 0.717) is 31.8 Å². The second-order valence-corrected chi connectivity index (χ2v) is 11.0. The van der Waals surface area contributed by atoms with Gasteiger partial charge >= 0.3 is 0 Å². The highest BCUT2D eigenvalue weighted by Crippen LogP contribution is 2.20. The third kappa shape index (κ3) is 8.65. The minimum Gasteiger partial charge on any atom is -0.383 e. The lowest BCUT2D eigenvalue weighted by molar-refractivity contribution is -0.132. The Balaban J connectivity index is 1.48. The number of halogens is 1. The molecule has 3 aromatic carbocycles. The first-order valence-corrected chi connectivity index (χ1v) is 14.9. The molecule has 214 valence electrons. The molecule has 0 bridgehead atoms. The van der Waals surface area contributed by atoms with Crippen molar-refractivity contribution in [2.45, 2.75) is 32.9 Å². The summed E-state index contributed by atoms with van der Waals surface area (Å²) in [5.41, 5.74) is 4.93. The molecule has 41 heavy (non-hydrogen) atoms. The van der Waals surface area contributed by atoms with Gasteiger partial charge in [0.15, 0.2) is 0 Å². The van der Waals surface area contributed by atoms with Gasteiger partial charge in [0.1, 0.15) is 6.54 Å². The van der Waals surface area contributed by atoms with E-state index in [-0.39, 0.29) is 18.4 Å². The van der Waals surface area contributed by atoms with Crippen LogP contribution in [-0.4, -0.2) is 59.5 Å². The molecule has 1 aromatic heterocycles. The van der Waals surface area contributed by atoms with Gasteiger partial charge < -0.3 is 19.1 Å². The number of carbonyl (C=O) groups is 2. The van der Waals surface area contributed by atoms with E-state index in [1.54, 1.807) is 12.0 Å². The lowest BCUT2D eigenvalue weighted by Gasteiger charge is -2.28. The van der Waals surface area contributed by atoms with E-state index in [2.05, 4.69) is 45.6 Å². The molecule has 0 aliphatic rings. The number of hydrogen-bond donors (Lipinski definition) is 0. The summed E-state index contributed by atoms with van der Waals surface area (Å²) in [6, 6.07) is 30.0. The average Bonchev–Trinajstić information content (AvgIpc) is 3.44. The van der Waals surface area contributed by atoms with Crippen LogP contribution >= 0.6 is 15.9 Å². The molecule has 2 amide bonds. The molecule has 0 aliphatic carbocycles. The Morgan fingerprint density at radius 2 is 1.54 bits per heavy atom. The number of rotatable bonds is 14. The van der Waals surface area contributed by atoms with Crippen LogP contribution in [0.25, 0.3) is 11.1 Å². The van der Waals surface area contributed by atoms with E-state index in [0.717, 1.165) is 40.7 Å². The maximum Gasteiger partial charge on any atom is 0.254 e. The van der Waals surface area contributed by atoms with Crippen molar-refractivity contribution in [2.75, 3.05) is 33.4 Å². The highest BCUT2D eigenvalue weighted by atomic mass is 79.9. The number of methoxy groups -OCH3 is 1. The molecule has 0 unspecified atom stereocenters. The van der Waals surface area contributed by atoms with Gasteiger partial charge in [-0.25, -0.2) is 0 Å². The maximum atomic E-state index is 13.7. The maximum absolute atomic E-state index is 13.7. The largest absolute Gasteiger partial charge is 0.383 e. The highest BCUT2D eigenvalue weighted by molar-refractivity contribution is 9.10. The van der Waals surface area contributed by atoms with Crippen LogP contribution in [0.1, 0.15) is 41.4 Å². The van der Waals surface area contributed by atoms with E-state index in [4.69, 9.17) is 4.74 Å². The molecule has 0 saturated heterocycles. The number of hydrogen-bond acceptors (Lipinski definition) is 3. The van der Waals surface area contributed by atoms with E-state index < -0.39 is 0 Å². The Kier molecular flexibility index (Phi) is 11.3. The van der Waals surface area contributed by atoms with Crippen LogP contribution in [0.5, 0.6) is 0 Å². The Morgan fingerprint density at radius 1 is 0.829 bits per heavy atom. The van der Waals surface area contributed by atoms with Crippen LogP contribution < -0.4 is 0 Å². The zero-order valence-corrected chi connectivity index (χ0v) is 25.4. The number of ether oxygens (including phenoxy) is 1. The van der Waals surface area contributed by atoms with Gasteiger partial charge in [-0.2, -0.15) is 0 Å². The van der Waals surface area contributed by atoms with E-state index in [1.807, 2.05) is 83.9 Å². The van der Waals surface area contributed by atoms with E-state index >= 15 is 0 Å². The number of nitrogens with zero attached hydrogens (tertiary/aromatic N) is 3. The van der Waals surface area contributed by atoms with Gasteiger partial charge in [-0.05, 0) is 59.5 Å². The lowest BCUT2D eigenvalue weighted by Crippen LogP contribution is -2.44. The standard InChI is InChI=1S/C34H38BrN3O3/c1-3-4-20-37(25-32-11-8-21-36(32)24-27-12-18-31(35)19-13-27)33(39)26-38(22-23-41-2)34(40)30-16-14-29(15-17-30)28-9-6-5-7-10-28/h5-19,21H,3-4,20,22-26H2,1-2H3. The van der Waals surface area contributed by atoms with Gasteiger partial charge in [0.2, 0.25) is 5.91 Å². The van der Waals surface area contributed by atoms with Crippen LogP contribution in [0.15, 0.2) is 102 Å². The second kappa shape index (κ2) is 15.4. The summed E-state index contributed by atoms with van der Waals surface area (Å²) < 4.78 is 8.51. The summed E-state index contributed by atoms with van der Waals surface area (Å²) >= 11 is 3.50. The molecular weight excluding hydrogens is 578 g/mol. The molecule has 1 heterocycles. The van der Waals surface area contributed by atoms with Gasteiger partial charge in [0, 0.05) is 48.7 Å². The number of aromatic nitrogens is 1.